The molecular weight excluding hydrogens is 661 g/mol. The second-order valence-corrected chi connectivity index (χ2v) is 14.1. The Hall–Kier alpha value is -6.92. The first-order valence-electron chi connectivity index (χ1n) is 18.5. The van der Waals surface area contributed by atoms with Crippen LogP contribution in [0.2, 0.25) is 0 Å². The van der Waals surface area contributed by atoms with E-state index in [1.807, 2.05) is 31.6 Å². The molecule has 0 radical (unpaired) electrons. The molecule has 54 heavy (non-hydrogen) atoms. The van der Waals surface area contributed by atoms with Gasteiger partial charge >= 0.3 is 0 Å². The molecule has 0 aliphatic rings. The lowest BCUT2D eigenvalue weighted by Crippen LogP contribution is -2.01. The van der Waals surface area contributed by atoms with Crippen LogP contribution in [0.25, 0.3) is 88.9 Å². The van der Waals surface area contributed by atoms with E-state index in [4.69, 9.17) is 10.7 Å². The Morgan fingerprint density at radius 3 is 2.24 bits per heavy atom. The zero-order valence-corrected chi connectivity index (χ0v) is 30.5. The maximum absolute atomic E-state index is 6.93. The zero-order valence-electron chi connectivity index (χ0n) is 30.5. The fraction of sp³-hybridized carbons (Fsp3) is 0.0833. The van der Waals surface area contributed by atoms with Crippen LogP contribution < -0.4 is 5.73 Å². The maximum Gasteiger partial charge on any atom is 0.145 e. The number of hydrogen-bond donors (Lipinski definition) is 1. The second kappa shape index (κ2) is 12.3. The molecule has 0 saturated heterocycles. The van der Waals surface area contributed by atoms with Gasteiger partial charge in [-0.1, -0.05) is 67.1 Å². The number of nitrogens with zero attached hydrogens (tertiary/aromatic N) is 5. The Kier molecular flexibility index (Phi) is 7.27. The van der Waals surface area contributed by atoms with Crippen LogP contribution in [-0.4, -0.2) is 23.7 Å². The van der Waals surface area contributed by atoms with Crippen molar-refractivity contribution in [2.75, 3.05) is 5.73 Å². The summed E-state index contributed by atoms with van der Waals surface area (Å²) in [6, 6.07) is 43.8. The Balaban J connectivity index is 1.17. The first-order chi connectivity index (χ1) is 26.5. The molecule has 10 rings (SSSR count). The van der Waals surface area contributed by atoms with E-state index in [2.05, 4.69) is 160 Å². The number of hydrogen-bond acceptors (Lipinski definition) is 3. The number of pyridine rings is 2. The highest BCUT2D eigenvalue weighted by molar-refractivity contribution is 6.12. The van der Waals surface area contributed by atoms with Gasteiger partial charge in [-0.3, -0.25) is 14.1 Å². The largest absolute Gasteiger partial charge is 0.384 e. The molecule has 0 saturated carbocycles. The van der Waals surface area contributed by atoms with Crippen LogP contribution in [0, 0.1) is 6.92 Å². The topological polar surface area (TPSA) is 66.6 Å². The number of nitrogens with two attached hydrogens (primary N) is 1. The van der Waals surface area contributed by atoms with E-state index in [0.717, 1.165) is 89.9 Å². The summed E-state index contributed by atoms with van der Waals surface area (Å²) in [6.45, 7) is 6.34. The van der Waals surface area contributed by atoms with Crippen LogP contribution in [0.15, 0.2) is 146 Å². The summed E-state index contributed by atoms with van der Waals surface area (Å²) in [7, 11) is 0. The van der Waals surface area contributed by atoms with Gasteiger partial charge in [-0.05, 0) is 110 Å². The van der Waals surface area contributed by atoms with Crippen molar-refractivity contribution in [3.05, 3.63) is 163 Å². The molecule has 0 amide bonds. The van der Waals surface area contributed by atoms with Gasteiger partial charge in [-0.25, -0.2) is 4.98 Å². The zero-order chi connectivity index (χ0) is 36.5. The van der Waals surface area contributed by atoms with Crippen LogP contribution in [0.5, 0.6) is 0 Å². The van der Waals surface area contributed by atoms with Gasteiger partial charge in [0.25, 0.3) is 0 Å². The molecule has 10 aromatic rings. The van der Waals surface area contributed by atoms with Crippen LogP contribution in [-0.2, 0) is 6.42 Å². The first kappa shape index (κ1) is 31.8. The number of fused-ring (bicyclic) bond motifs is 7. The highest BCUT2D eigenvalue weighted by Gasteiger charge is 2.21. The third-order valence-corrected chi connectivity index (χ3v) is 10.9. The molecule has 6 nitrogen and oxygen atoms in total. The number of allylic oxidation sites excluding steroid dienone is 1. The fourth-order valence-corrected chi connectivity index (χ4v) is 8.39. The van der Waals surface area contributed by atoms with Crippen LogP contribution >= 0.6 is 0 Å². The van der Waals surface area contributed by atoms with Crippen LogP contribution in [0.1, 0.15) is 30.5 Å². The molecule has 6 heteroatoms. The molecule has 0 bridgehead atoms. The van der Waals surface area contributed by atoms with Crippen molar-refractivity contribution in [1.82, 2.24) is 23.7 Å². The van der Waals surface area contributed by atoms with E-state index in [9.17, 15) is 0 Å². The average molecular weight is 699 g/mol. The minimum absolute atomic E-state index is 0.728. The van der Waals surface area contributed by atoms with Gasteiger partial charge in [0.1, 0.15) is 11.5 Å². The normalized spacial score (nSPS) is 12.1. The summed E-state index contributed by atoms with van der Waals surface area (Å²) in [5.41, 5.74) is 21.3. The smallest absolute Gasteiger partial charge is 0.145 e. The molecule has 0 atom stereocenters. The predicted molar refractivity (Wildman–Crippen MR) is 226 cm³/mol. The van der Waals surface area contributed by atoms with Gasteiger partial charge < -0.3 is 10.3 Å². The van der Waals surface area contributed by atoms with Gasteiger partial charge in [-0.15, -0.1) is 0 Å². The molecule has 5 aromatic heterocycles. The van der Waals surface area contributed by atoms with E-state index in [1.54, 1.807) is 0 Å². The van der Waals surface area contributed by atoms with Crippen LogP contribution in [0.3, 0.4) is 0 Å². The summed E-state index contributed by atoms with van der Waals surface area (Å²) in [5, 5.41) is 5.72. The highest BCUT2D eigenvalue weighted by atomic mass is 15.1. The molecular formula is C48H38N6. The second-order valence-electron chi connectivity index (χ2n) is 14.1. The van der Waals surface area contributed by atoms with Crippen molar-refractivity contribution in [2.24, 2.45) is 0 Å². The van der Waals surface area contributed by atoms with E-state index < -0.39 is 0 Å². The lowest BCUT2D eigenvalue weighted by atomic mass is 10.0. The van der Waals surface area contributed by atoms with Crippen molar-refractivity contribution < 1.29 is 0 Å². The summed E-state index contributed by atoms with van der Waals surface area (Å²) < 4.78 is 6.81. The Morgan fingerprint density at radius 1 is 0.630 bits per heavy atom. The van der Waals surface area contributed by atoms with Gasteiger partial charge in [0, 0.05) is 61.8 Å². The molecule has 5 aromatic carbocycles. The number of aromatic nitrogens is 5. The molecule has 0 spiro atoms. The standard InChI is InChI=1S/C48H38N6/c1-4-9-37-39-26-30(3)13-20-44(39)53(47(37)49)34-19-22-45-41(28-34)38-11-8-24-51-48(38)54(45)42-12-7-6-10-35(42)32-16-21-43-40(27-32)36-23-25-50-29-46(36)52(43)33-17-14-31(5-2)15-18-33/h4,6-29H,5,49H2,1-3H3/b9-4-. The molecule has 2 N–H and O–H groups in total. The number of nitrogen functional groups attached to an aromatic ring is 1. The number of para-hydroxylation sites is 1. The molecule has 0 aliphatic heterocycles. The van der Waals surface area contributed by atoms with E-state index in [1.165, 1.54) is 21.9 Å². The third kappa shape index (κ3) is 4.73. The van der Waals surface area contributed by atoms with Crippen LogP contribution in [0.4, 0.5) is 5.82 Å². The summed E-state index contributed by atoms with van der Waals surface area (Å²) in [5.74, 6) is 0.728. The average Bonchev–Trinajstić information content (AvgIpc) is 3.82. The van der Waals surface area contributed by atoms with Crippen molar-refractivity contribution in [3.8, 4) is 28.2 Å². The summed E-state index contributed by atoms with van der Waals surface area (Å²) in [6.07, 6.45) is 10.9. The predicted octanol–water partition coefficient (Wildman–Crippen LogP) is 11.8. The minimum atomic E-state index is 0.728. The minimum Gasteiger partial charge on any atom is -0.384 e. The third-order valence-electron chi connectivity index (χ3n) is 10.9. The number of benzene rings is 5. The Morgan fingerprint density at radius 2 is 1.39 bits per heavy atom. The van der Waals surface area contributed by atoms with E-state index in [-0.39, 0.29) is 0 Å². The first-order valence-corrected chi connectivity index (χ1v) is 18.5. The molecule has 5 heterocycles. The Labute approximate surface area is 313 Å². The SMILES string of the molecule is C/C=C\c1c(N)n(-c2ccc3c(c2)c2cccnc2n3-c2ccccc2-c2ccc3c(c2)c2ccncc2n3-c2ccc(CC)cc2)c2ccc(C)cc12. The van der Waals surface area contributed by atoms with Gasteiger partial charge in [-0.2, -0.15) is 0 Å². The summed E-state index contributed by atoms with van der Waals surface area (Å²) in [4.78, 5) is 9.52. The Bertz CT molecular complexity index is 3120. The van der Waals surface area contributed by atoms with Crippen molar-refractivity contribution >= 4 is 66.5 Å². The summed E-state index contributed by atoms with van der Waals surface area (Å²) >= 11 is 0. The van der Waals surface area contributed by atoms with Crippen molar-refractivity contribution in [1.29, 1.82) is 0 Å². The number of anilines is 1. The van der Waals surface area contributed by atoms with Crippen molar-refractivity contribution in [3.63, 3.8) is 0 Å². The lowest BCUT2D eigenvalue weighted by molar-refractivity contribution is 1.12. The molecule has 0 unspecified atom stereocenters. The molecule has 260 valence electrons. The lowest BCUT2D eigenvalue weighted by Gasteiger charge is -2.14. The van der Waals surface area contributed by atoms with Gasteiger partial charge in [0.2, 0.25) is 0 Å². The van der Waals surface area contributed by atoms with Gasteiger partial charge in [0.15, 0.2) is 0 Å². The molecule has 0 aliphatic carbocycles. The fourth-order valence-electron chi connectivity index (χ4n) is 8.39. The monoisotopic (exact) mass is 698 g/mol. The van der Waals surface area contributed by atoms with E-state index >= 15 is 0 Å². The maximum atomic E-state index is 6.93. The van der Waals surface area contributed by atoms with E-state index in [0.29, 0.717) is 0 Å². The quantitative estimate of drug-likeness (QED) is 0.188. The van der Waals surface area contributed by atoms with Crippen molar-refractivity contribution in [2.45, 2.75) is 27.2 Å². The van der Waals surface area contributed by atoms with Gasteiger partial charge in [0.05, 0.1) is 34.0 Å². The highest BCUT2D eigenvalue weighted by Crippen LogP contribution is 2.40. The molecule has 0 fully saturated rings. The number of rotatable bonds is 6. The number of aryl methyl sites for hydroxylation is 2.